The molecule has 2 nitrogen and oxygen atoms in total. The first kappa shape index (κ1) is 14.7. The third-order valence-electron chi connectivity index (χ3n) is 3.02. The Labute approximate surface area is 143 Å². The molecule has 3 rings (SSSR count). The number of halogens is 3. The molecule has 106 valence electrons. The first-order chi connectivity index (χ1) is 9.65. The summed E-state index contributed by atoms with van der Waals surface area (Å²) < 4.78 is 13.4. The van der Waals surface area contributed by atoms with E-state index in [1.807, 2.05) is 24.3 Å². The first-order valence-corrected chi connectivity index (χ1v) is 8.97. The average molecular weight is 439 g/mol. The molecule has 0 spiro atoms. The zero-order chi connectivity index (χ0) is 14.1. The Morgan fingerprint density at radius 3 is 2.55 bits per heavy atom. The molecule has 0 saturated heterocycles. The lowest BCUT2D eigenvalue weighted by molar-refractivity contribution is 0.297. The van der Waals surface area contributed by atoms with Crippen molar-refractivity contribution in [2.24, 2.45) is 0 Å². The molecule has 1 atom stereocenters. The lowest BCUT2D eigenvalue weighted by Gasteiger charge is -2.13. The molecule has 1 unspecified atom stereocenters. The van der Waals surface area contributed by atoms with Crippen LogP contribution >= 0.6 is 54.8 Å². The summed E-state index contributed by atoms with van der Waals surface area (Å²) in [7, 11) is 0. The van der Waals surface area contributed by atoms with Gasteiger partial charge in [-0.25, -0.2) is 0 Å². The molecular weight excluding hydrogens is 427 g/mol. The minimum atomic E-state index is -0.218. The van der Waals surface area contributed by atoms with Gasteiger partial charge in [0.2, 0.25) is 0 Å². The van der Waals surface area contributed by atoms with E-state index in [0.29, 0.717) is 13.2 Å². The molecule has 0 amide bonds. The lowest BCUT2D eigenvalue weighted by Crippen LogP contribution is -1.97. The van der Waals surface area contributed by atoms with E-state index in [1.54, 1.807) is 11.3 Å². The summed E-state index contributed by atoms with van der Waals surface area (Å²) >= 11 is 15.2. The smallest absolute Gasteiger partial charge is 0.161 e. The van der Waals surface area contributed by atoms with Crippen molar-refractivity contribution in [2.45, 2.75) is 11.8 Å². The van der Waals surface area contributed by atoms with Gasteiger partial charge in [-0.2, -0.15) is 0 Å². The Kier molecular flexibility index (Phi) is 4.60. The highest BCUT2D eigenvalue weighted by atomic mass is 79.9. The number of ether oxygens (including phenoxy) is 2. The van der Waals surface area contributed by atoms with Crippen molar-refractivity contribution in [3.8, 4) is 11.5 Å². The number of hydrogen-bond acceptors (Lipinski definition) is 3. The van der Waals surface area contributed by atoms with Crippen LogP contribution in [0.1, 0.15) is 22.9 Å². The standard InChI is InChI=1S/C14H11Br2ClO2S/c15-12-7-9(14(16)20-12)13(17)8-2-3-10-11(6-8)19-5-1-4-18-10/h2-3,6-7,13H,1,4-5H2. The molecule has 1 aliphatic rings. The molecule has 0 bridgehead atoms. The van der Waals surface area contributed by atoms with Crippen LogP contribution < -0.4 is 9.47 Å². The van der Waals surface area contributed by atoms with Gasteiger partial charge in [0.1, 0.15) is 0 Å². The fourth-order valence-electron chi connectivity index (χ4n) is 2.04. The molecule has 0 radical (unpaired) electrons. The van der Waals surface area contributed by atoms with Gasteiger partial charge < -0.3 is 9.47 Å². The van der Waals surface area contributed by atoms with E-state index in [2.05, 4.69) is 31.9 Å². The maximum atomic E-state index is 6.59. The van der Waals surface area contributed by atoms with Gasteiger partial charge in [0.05, 0.1) is 26.2 Å². The van der Waals surface area contributed by atoms with Gasteiger partial charge in [-0.15, -0.1) is 22.9 Å². The van der Waals surface area contributed by atoms with E-state index in [0.717, 1.165) is 36.6 Å². The molecule has 20 heavy (non-hydrogen) atoms. The second kappa shape index (κ2) is 6.26. The van der Waals surface area contributed by atoms with Crippen molar-refractivity contribution in [2.75, 3.05) is 13.2 Å². The maximum Gasteiger partial charge on any atom is 0.161 e. The minimum absolute atomic E-state index is 0.218. The number of benzene rings is 1. The summed E-state index contributed by atoms with van der Waals surface area (Å²) in [5.74, 6) is 1.57. The summed E-state index contributed by atoms with van der Waals surface area (Å²) in [5.41, 5.74) is 2.06. The topological polar surface area (TPSA) is 18.5 Å². The molecule has 1 aromatic carbocycles. The van der Waals surface area contributed by atoms with E-state index in [1.165, 1.54) is 0 Å². The average Bonchev–Trinajstić information content (AvgIpc) is 2.65. The molecule has 2 aromatic rings. The van der Waals surface area contributed by atoms with Gasteiger partial charge in [-0.05, 0) is 55.6 Å². The van der Waals surface area contributed by atoms with Crippen LogP contribution in [-0.4, -0.2) is 13.2 Å². The summed E-state index contributed by atoms with van der Waals surface area (Å²) in [6.07, 6.45) is 0.900. The second-order valence-corrected chi connectivity index (χ2v) is 8.58. The molecule has 0 N–H and O–H groups in total. The summed E-state index contributed by atoms with van der Waals surface area (Å²) in [5, 5.41) is -0.218. The highest BCUT2D eigenvalue weighted by molar-refractivity contribution is 9.12. The van der Waals surface area contributed by atoms with Gasteiger partial charge >= 0.3 is 0 Å². The molecular formula is C14H11Br2ClO2S. The van der Waals surface area contributed by atoms with Crippen LogP contribution in [0.4, 0.5) is 0 Å². The fourth-order valence-corrected chi connectivity index (χ4v) is 5.45. The second-order valence-electron chi connectivity index (χ2n) is 4.40. The first-order valence-electron chi connectivity index (χ1n) is 6.13. The van der Waals surface area contributed by atoms with E-state index < -0.39 is 0 Å². The van der Waals surface area contributed by atoms with Crippen LogP contribution in [0.3, 0.4) is 0 Å². The number of fused-ring (bicyclic) bond motifs is 1. The van der Waals surface area contributed by atoms with Gasteiger partial charge in [0.25, 0.3) is 0 Å². The zero-order valence-electron chi connectivity index (χ0n) is 10.4. The van der Waals surface area contributed by atoms with Crippen LogP contribution in [0.5, 0.6) is 11.5 Å². The Bertz CT molecular complexity index is 630. The molecule has 2 heterocycles. The van der Waals surface area contributed by atoms with Crippen molar-refractivity contribution in [3.05, 3.63) is 43.0 Å². The van der Waals surface area contributed by atoms with Gasteiger partial charge in [0.15, 0.2) is 11.5 Å². The van der Waals surface area contributed by atoms with E-state index in [9.17, 15) is 0 Å². The van der Waals surface area contributed by atoms with Crippen molar-refractivity contribution in [1.82, 2.24) is 0 Å². The van der Waals surface area contributed by atoms with Crippen LogP contribution in [0.15, 0.2) is 31.8 Å². The predicted octanol–water partition coefficient (Wildman–Crippen LogP) is 5.76. The fraction of sp³-hybridized carbons (Fsp3) is 0.286. The van der Waals surface area contributed by atoms with Crippen LogP contribution in [0, 0.1) is 0 Å². The number of rotatable bonds is 2. The van der Waals surface area contributed by atoms with Crippen LogP contribution in [-0.2, 0) is 0 Å². The molecule has 0 aliphatic carbocycles. The largest absolute Gasteiger partial charge is 0.490 e. The maximum absolute atomic E-state index is 6.59. The molecule has 0 fully saturated rings. The molecule has 6 heteroatoms. The Morgan fingerprint density at radius 1 is 1.10 bits per heavy atom. The zero-order valence-corrected chi connectivity index (χ0v) is 15.1. The Morgan fingerprint density at radius 2 is 1.85 bits per heavy atom. The van der Waals surface area contributed by atoms with Crippen molar-refractivity contribution in [3.63, 3.8) is 0 Å². The monoisotopic (exact) mass is 436 g/mol. The van der Waals surface area contributed by atoms with E-state index in [-0.39, 0.29) is 5.38 Å². The predicted molar refractivity (Wildman–Crippen MR) is 89.5 cm³/mol. The van der Waals surface area contributed by atoms with Crippen molar-refractivity contribution >= 4 is 54.8 Å². The SMILES string of the molecule is ClC(c1ccc2c(c1)OCCCO2)c1cc(Br)sc1Br. The number of hydrogen-bond donors (Lipinski definition) is 0. The van der Waals surface area contributed by atoms with Crippen molar-refractivity contribution in [1.29, 1.82) is 0 Å². The van der Waals surface area contributed by atoms with Gasteiger partial charge in [0, 0.05) is 12.0 Å². The summed E-state index contributed by atoms with van der Waals surface area (Å²) in [6.45, 7) is 1.37. The number of alkyl halides is 1. The van der Waals surface area contributed by atoms with Crippen LogP contribution in [0.25, 0.3) is 0 Å². The van der Waals surface area contributed by atoms with Crippen LogP contribution in [0.2, 0.25) is 0 Å². The third-order valence-corrected chi connectivity index (χ3v) is 5.89. The highest BCUT2D eigenvalue weighted by Gasteiger charge is 2.19. The summed E-state index contributed by atoms with van der Waals surface area (Å²) in [6, 6.07) is 7.93. The third kappa shape index (κ3) is 3.01. The Balaban J connectivity index is 1.94. The van der Waals surface area contributed by atoms with E-state index >= 15 is 0 Å². The molecule has 0 saturated carbocycles. The van der Waals surface area contributed by atoms with E-state index in [4.69, 9.17) is 21.1 Å². The van der Waals surface area contributed by atoms with Gasteiger partial charge in [-0.3, -0.25) is 0 Å². The van der Waals surface area contributed by atoms with Gasteiger partial charge in [-0.1, -0.05) is 6.07 Å². The number of thiophene rings is 1. The lowest BCUT2D eigenvalue weighted by atomic mass is 10.1. The Hall–Kier alpha value is -0.230. The van der Waals surface area contributed by atoms with Crippen molar-refractivity contribution < 1.29 is 9.47 Å². The normalized spacial score (nSPS) is 15.8. The molecule has 1 aromatic heterocycles. The quantitative estimate of drug-likeness (QED) is 0.555. The minimum Gasteiger partial charge on any atom is -0.490 e. The highest BCUT2D eigenvalue weighted by Crippen LogP contribution is 2.42. The summed E-state index contributed by atoms with van der Waals surface area (Å²) in [4.78, 5) is 0. The molecule has 1 aliphatic heterocycles.